The maximum Gasteiger partial charge on any atom is 0.243 e. The molecule has 0 saturated carbocycles. The number of fused-ring (bicyclic) bond motifs is 1. The molecule has 1 heterocycles. The topological polar surface area (TPSA) is 70.4 Å². The lowest BCUT2D eigenvalue weighted by Crippen LogP contribution is -2.04. The van der Waals surface area contributed by atoms with Crippen molar-refractivity contribution >= 4 is 11.7 Å². The monoisotopic (exact) mass is 300 g/mol. The zero-order valence-electron chi connectivity index (χ0n) is 12.7. The molecule has 1 aromatic carbocycles. The Morgan fingerprint density at radius 1 is 1.27 bits per heavy atom. The van der Waals surface area contributed by atoms with Crippen molar-refractivity contribution in [2.75, 3.05) is 5.43 Å². The molecular weight excluding hydrogens is 283 g/mol. The summed E-state index contributed by atoms with van der Waals surface area (Å²) in [5.41, 5.74) is 6.09. The molecule has 0 unspecified atom stereocenters. The summed E-state index contributed by atoms with van der Waals surface area (Å²) >= 11 is 0. The number of halogens is 1. The molecule has 2 N–H and O–H groups in total. The molecule has 6 heteroatoms. The van der Waals surface area contributed by atoms with Crippen LogP contribution in [0.1, 0.15) is 41.8 Å². The third-order valence-electron chi connectivity index (χ3n) is 3.72. The van der Waals surface area contributed by atoms with Gasteiger partial charge in [-0.25, -0.2) is 19.8 Å². The van der Waals surface area contributed by atoms with Crippen LogP contribution in [0.25, 0.3) is 0 Å². The van der Waals surface area contributed by atoms with Gasteiger partial charge >= 0.3 is 0 Å². The van der Waals surface area contributed by atoms with E-state index in [0.717, 1.165) is 11.4 Å². The van der Waals surface area contributed by atoms with E-state index in [4.69, 9.17) is 0 Å². The van der Waals surface area contributed by atoms with Gasteiger partial charge in [-0.2, -0.15) is 5.10 Å². The Bertz CT molecular complexity index is 753. The molecule has 0 saturated heterocycles. The predicted molar refractivity (Wildman–Crippen MR) is 82.8 cm³/mol. The molecule has 1 aliphatic rings. The number of nitrogens with zero attached hydrogens (tertiary/aromatic N) is 3. The van der Waals surface area contributed by atoms with Gasteiger partial charge in [0.2, 0.25) is 5.95 Å². The van der Waals surface area contributed by atoms with Crippen molar-refractivity contribution in [1.82, 2.24) is 9.97 Å². The van der Waals surface area contributed by atoms with Crippen LogP contribution < -0.4 is 5.43 Å². The molecule has 0 bridgehead atoms. The molecule has 0 amide bonds. The quantitative estimate of drug-likeness (QED) is 0.835. The van der Waals surface area contributed by atoms with Crippen molar-refractivity contribution in [1.29, 1.82) is 0 Å². The maximum atomic E-state index is 14.0. The molecule has 22 heavy (non-hydrogen) atoms. The first-order valence-electron chi connectivity index (χ1n) is 7.12. The average Bonchev–Trinajstić information content (AvgIpc) is 2.78. The van der Waals surface area contributed by atoms with Crippen LogP contribution in [0.4, 0.5) is 10.3 Å². The lowest BCUT2D eigenvalue weighted by molar-refractivity contribution is 0.470. The summed E-state index contributed by atoms with van der Waals surface area (Å²) in [5, 5.41) is 14.3. The predicted octanol–water partition coefficient (Wildman–Crippen LogP) is 3.26. The van der Waals surface area contributed by atoms with Gasteiger partial charge in [-0.3, -0.25) is 0 Å². The molecule has 2 aromatic rings. The summed E-state index contributed by atoms with van der Waals surface area (Å²) in [6, 6.07) is 4.51. The van der Waals surface area contributed by atoms with Crippen LogP contribution >= 0.6 is 0 Å². The van der Waals surface area contributed by atoms with Crippen LogP contribution in [0.3, 0.4) is 0 Å². The summed E-state index contributed by atoms with van der Waals surface area (Å²) in [7, 11) is 0. The standard InChI is InChI=1S/C16H17FN4O/c1-8-6-12(15-13(22)5-4-11(17)14(8)15)20-21-16-18-9(2)7-10(3)19-16/h4-5,7-8,22H,6H2,1-3H3,(H,18,19,21)/b20-12+/t8-/m0/s1. The van der Waals surface area contributed by atoms with E-state index in [0.29, 0.717) is 29.2 Å². The average molecular weight is 300 g/mol. The molecule has 1 aliphatic carbocycles. The van der Waals surface area contributed by atoms with E-state index < -0.39 is 0 Å². The van der Waals surface area contributed by atoms with Crippen molar-refractivity contribution < 1.29 is 9.50 Å². The van der Waals surface area contributed by atoms with Gasteiger partial charge in [0.1, 0.15) is 11.6 Å². The second-order valence-corrected chi connectivity index (χ2v) is 5.60. The SMILES string of the molecule is Cc1cc(C)nc(N/N=C2\C[C@H](C)c3c(F)ccc(O)c32)n1. The maximum absolute atomic E-state index is 14.0. The van der Waals surface area contributed by atoms with E-state index in [1.54, 1.807) is 0 Å². The number of benzene rings is 1. The van der Waals surface area contributed by atoms with Gasteiger partial charge in [-0.1, -0.05) is 6.92 Å². The van der Waals surface area contributed by atoms with Crippen LogP contribution in [-0.2, 0) is 0 Å². The number of aromatic hydroxyl groups is 1. The zero-order chi connectivity index (χ0) is 15.9. The van der Waals surface area contributed by atoms with Crippen LogP contribution in [0.15, 0.2) is 23.3 Å². The molecule has 0 spiro atoms. The number of hydrogen-bond acceptors (Lipinski definition) is 5. The molecule has 114 valence electrons. The number of rotatable bonds is 2. The third-order valence-corrected chi connectivity index (χ3v) is 3.72. The van der Waals surface area contributed by atoms with Gasteiger partial charge in [0.05, 0.1) is 5.71 Å². The molecule has 1 atom stereocenters. The highest BCUT2D eigenvalue weighted by Gasteiger charge is 2.30. The van der Waals surface area contributed by atoms with Crippen molar-refractivity contribution in [3.05, 3.63) is 46.5 Å². The van der Waals surface area contributed by atoms with Crippen molar-refractivity contribution in [3.8, 4) is 5.75 Å². The lowest BCUT2D eigenvalue weighted by atomic mass is 10.0. The van der Waals surface area contributed by atoms with Crippen molar-refractivity contribution in [2.24, 2.45) is 5.10 Å². The number of hydrogen-bond donors (Lipinski definition) is 2. The third kappa shape index (κ3) is 2.52. The Morgan fingerprint density at radius 3 is 2.64 bits per heavy atom. The van der Waals surface area contributed by atoms with Gasteiger partial charge < -0.3 is 5.11 Å². The lowest BCUT2D eigenvalue weighted by Gasteiger charge is -2.06. The van der Waals surface area contributed by atoms with Crippen LogP contribution in [0, 0.1) is 19.7 Å². The molecular formula is C16H17FN4O. The van der Waals surface area contributed by atoms with Gasteiger partial charge in [0.25, 0.3) is 0 Å². The number of aryl methyl sites for hydroxylation is 2. The molecule has 1 aromatic heterocycles. The minimum absolute atomic E-state index is 0.0252. The van der Waals surface area contributed by atoms with E-state index >= 15 is 0 Å². The molecule has 5 nitrogen and oxygen atoms in total. The van der Waals surface area contributed by atoms with Gasteiger partial charge in [-0.05, 0) is 44.4 Å². The molecule has 0 radical (unpaired) electrons. The fourth-order valence-electron chi connectivity index (χ4n) is 2.86. The summed E-state index contributed by atoms with van der Waals surface area (Å²) in [6.07, 6.45) is 0.557. The van der Waals surface area contributed by atoms with Crippen LogP contribution in [0.5, 0.6) is 5.75 Å². The Kier molecular flexibility index (Phi) is 3.52. The van der Waals surface area contributed by atoms with E-state index in [1.165, 1.54) is 12.1 Å². The minimum Gasteiger partial charge on any atom is -0.507 e. The number of anilines is 1. The second kappa shape index (κ2) is 5.36. The molecule has 0 aliphatic heterocycles. The molecule has 0 fully saturated rings. The van der Waals surface area contributed by atoms with Gasteiger partial charge in [-0.15, -0.1) is 0 Å². The summed E-state index contributed by atoms with van der Waals surface area (Å²) in [5.74, 6) is 0.0978. The Morgan fingerprint density at radius 2 is 1.95 bits per heavy atom. The normalized spacial score (nSPS) is 18.5. The first-order chi connectivity index (χ1) is 10.5. The van der Waals surface area contributed by atoms with E-state index in [-0.39, 0.29) is 17.5 Å². The van der Waals surface area contributed by atoms with Gasteiger partial charge in [0, 0.05) is 22.5 Å². The number of nitrogens with one attached hydrogen (secondary N) is 1. The van der Waals surface area contributed by atoms with Gasteiger partial charge in [0.15, 0.2) is 0 Å². The van der Waals surface area contributed by atoms with Crippen LogP contribution in [0.2, 0.25) is 0 Å². The first-order valence-corrected chi connectivity index (χ1v) is 7.12. The Labute approximate surface area is 127 Å². The number of aromatic nitrogens is 2. The smallest absolute Gasteiger partial charge is 0.243 e. The highest BCUT2D eigenvalue weighted by atomic mass is 19.1. The van der Waals surface area contributed by atoms with Crippen LogP contribution in [-0.4, -0.2) is 20.8 Å². The number of phenols is 1. The Hall–Kier alpha value is -2.50. The Balaban J connectivity index is 1.96. The zero-order valence-corrected chi connectivity index (χ0v) is 12.7. The first kappa shape index (κ1) is 14.4. The summed E-state index contributed by atoms with van der Waals surface area (Å²) in [4.78, 5) is 8.49. The number of phenolic OH excluding ortho intramolecular Hbond substituents is 1. The van der Waals surface area contributed by atoms with Crippen molar-refractivity contribution in [2.45, 2.75) is 33.1 Å². The largest absolute Gasteiger partial charge is 0.507 e. The summed E-state index contributed by atoms with van der Waals surface area (Å²) < 4.78 is 14.0. The highest BCUT2D eigenvalue weighted by molar-refractivity contribution is 6.07. The second-order valence-electron chi connectivity index (χ2n) is 5.60. The summed E-state index contributed by atoms with van der Waals surface area (Å²) in [6.45, 7) is 5.67. The van der Waals surface area contributed by atoms with Crippen molar-refractivity contribution in [3.63, 3.8) is 0 Å². The fraction of sp³-hybridized carbons (Fsp3) is 0.312. The van der Waals surface area contributed by atoms with E-state index in [1.807, 2.05) is 26.8 Å². The van der Waals surface area contributed by atoms with E-state index in [9.17, 15) is 9.50 Å². The molecule has 3 rings (SSSR count). The fourth-order valence-corrected chi connectivity index (χ4v) is 2.86. The minimum atomic E-state index is -0.312. The van der Waals surface area contributed by atoms with E-state index in [2.05, 4.69) is 20.5 Å². The number of hydrazone groups is 1. The highest BCUT2D eigenvalue weighted by Crippen LogP contribution is 2.39.